The molecule has 0 aromatic carbocycles. The zero-order chi connectivity index (χ0) is 12.8. The molecule has 2 nitrogen and oxygen atoms in total. The number of nitrogens with zero attached hydrogens (tertiary/aromatic N) is 1. The zero-order valence-electron chi connectivity index (χ0n) is 11.0. The third-order valence-corrected chi connectivity index (χ3v) is 3.87. The van der Waals surface area contributed by atoms with Crippen molar-refractivity contribution in [1.82, 2.24) is 10.3 Å². The van der Waals surface area contributed by atoms with Gasteiger partial charge in [-0.3, -0.25) is 4.98 Å². The van der Waals surface area contributed by atoms with Crippen LogP contribution < -0.4 is 5.32 Å². The first kappa shape index (κ1) is 13.2. The van der Waals surface area contributed by atoms with Gasteiger partial charge in [0.15, 0.2) is 0 Å². The van der Waals surface area contributed by atoms with E-state index in [0.29, 0.717) is 12.0 Å². The monoisotopic (exact) mass is 260 g/mol. The molecule has 0 spiro atoms. The van der Waals surface area contributed by atoms with E-state index < -0.39 is 0 Å². The van der Waals surface area contributed by atoms with E-state index in [1.165, 1.54) is 5.56 Å². The minimum atomic E-state index is 0.353. The molecular formula is C15H20N2S. The molecule has 0 saturated carbocycles. The van der Waals surface area contributed by atoms with E-state index in [0.717, 1.165) is 18.7 Å². The van der Waals surface area contributed by atoms with Crippen LogP contribution in [0, 0.1) is 0 Å². The van der Waals surface area contributed by atoms with E-state index in [1.54, 1.807) is 11.3 Å². The second-order valence-electron chi connectivity index (χ2n) is 4.53. The van der Waals surface area contributed by atoms with Crippen LogP contribution in [0.4, 0.5) is 0 Å². The maximum atomic E-state index is 4.48. The van der Waals surface area contributed by atoms with E-state index in [9.17, 15) is 0 Å². The van der Waals surface area contributed by atoms with Gasteiger partial charge in [-0.15, -0.1) is 0 Å². The lowest BCUT2D eigenvalue weighted by Crippen LogP contribution is -2.26. The Morgan fingerprint density at radius 3 is 2.83 bits per heavy atom. The fraction of sp³-hybridized carbons (Fsp3) is 0.400. The van der Waals surface area contributed by atoms with Gasteiger partial charge in [0, 0.05) is 23.9 Å². The fourth-order valence-electron chi connectivity index (χ4n) is 2.15. The van der Waals surface area contributed by atoms with Gasteiger partial charge in [0.25, 0.3) is 0 Å². The number of rotatable bonds is 6. The van der Waals surface area contributed by atoms with Gasteiger partial charge in [0.1, 0.15) is 0 Å². The summed E-state index contributed by atoms with van der Waals surface area (Å²) in [6.45, 7) is 5.48. The maximum absolute atomic E-state index is 4.48. The molecule has 0 amide bonds. The van der Waals surface area contributed by atoms with Gasteiger partial charge in [-0.2, -0.15) is 11.3 Å². The van der Waals surface area contributed by atoms with Gasteiger partial charge in [-0.05, 0) is 47.5 Å². The van der Waals surface area contributed by atoms with E-state index in [1.807, 2.05) is 12.3 Å². The minimum absolute atomic E-state index is 0.353. The molecular weight excluding hydrogens is 240 g/mol. The summed E-state index contributed by atoms with van der Waals surface area (Å²) < 4.78 is 0. The van der Waals surface area contributed by atoms with Gasteiger partial charge in [0.05, 0.1) is 0 Å². The topological polar surface area (TPSA) is 24.9 Å². The lowest BCUT2D eigenvalue weighted by molar-refractivity contribution is 0.461. The molecule has 2 rings (SSSR count). The summed E-state index contributed by atoms with van der Waals surface area (Å²) in [4.78, 5) is 4.48. The Kier molecular flexibility index (Phi) is 4.90. The summed E-state index contributed by atoms with van der Waals surface area (Å²) in [5.74, 6) is 0.382. The molecule has 3 heteroatoms. The van der Waals surface area contributed by atoms with Crippen LogP contribution in [0.25, 0.3) is 0 Å². The predicted molar refractivity (Wildman–Crippen MR) is 78.0 cm³/mol. The van der Waals surface area contributed by atoms with Crippen molar-refractivity contribution < 1.29 is 0 Å². The summed E-state index contributed by atoms with van der Waals surface area (Å²) in [5, 5.41) is 8.01. The Labute approximate surface area is 113 Å². The molecule has 2 unspecified atom stereocenters. The van der Waals surface area contributed by atoms with Crippen molar-refractivity contribution in [1.29, 1.82) is 0 Å². The first-order valence-electron chi connectivity index (χ1n) is 6.49. The number of thiophene rings is 1. The normalized spacial score (nSPS) is 14.3. The molecule has 2 aromatic heterocycles. The SMILES string of the molecule is CCCNC(c1ccsc1)C(C)c1ccccn1. The number of hydrogen-bond acceptors (Lipinski definition) is 3. The second-order valence-corrected chi connectivity index (χ2v) is 5.31. The third kappa shape index (κ3) is 3.18. The van der Waals surface area contributed by atoms with E-state index in [4.69, 9.17) is 0 Å². The van der Waals surface area contributed by atoms with Crippen molar-refractivity contribution in [2.24, 2.45) is 0 Å². The molecule has 0 saturated heterocycles. The van der Waals surface area contributed by atoms with Gasteiger partial charge in [0.2, 0.25) is 0 Å². The highest BCUT2D eigenvalue weighted by Gasteiger charge is 2.21. The number of nitrogens with one attached hydrogen (secondary N) is 1. The van der Waals surface area contributed by atoms with Crippen LogP contribution in [0.2, 0.25) is 0 Å². The molecule has 0 aliphatic heterocycles. The summed E-state index contributed by atoms with van der Waals surface area (Å²) in [7, 11) is 0. The molecule has 1 N–H and O–H groups in total. The van der Waals surface area contributed by atoms with E-state index in [-0.39, 0.29) is 0 Å². The molecule has 2 atom stereocenters. The largest absolute Gasteiger partial charge is 0.309 e. The first-order chi connectivity index (χ1) is 8.83. The zero-order valence-corrected chi connectivity index (χ0v) is 11.8. The average molecular weight is 260 g/mol. The second kappa shape index (κ2) is 6.66. The van der Waals surface area contributed by atoms with Crippen LogP contribution in [0.15, 0.2) is 41.2 Å². The van der Waals surface area contributed by atoms with Crippen LogP contribution in [0.5, 0.6) is 0 Å². The number of pyridine rings is 1. The van der Waals surface area contributed by atoms with E-state index >= 15 is 0 Å². The lowest BCUT2D eigenvalue weighted by atomic mass is 9.93. The number of hydrogen-bond donors (Lipinski definition) is 1. The maximum Gasteiger partial charge on any atom is 0.0450 e. The van der Waals surface area contributed by atoms with Gasteiger partial charge in [-0.1, -0.05) is 19.9 Å². The van der Waals surface area contributed by atoms with Crippen molar-refractivity contribution in [3.05, 3.63) is 52.5 Å². The average Bonchev–Trinajstić information content (AvgIpc) is 2.94. The third-order valence-electron chi connectivity index (χ3n) is 3.17. The van der Waals surface area contributed by atoms with Crippen molar-refractivity contribution in [2.45, 2.75) is 32.2 Å². The molecule has 0 aliphatic rings. The Hall–Kier alpha value is -1.19. The standard InChI is InChI=1S/C15H20N2S/c1-3-8-17-15(13-7-10-18-11-13)12(2)14-6-4-5-9-16-14/h4-7,9-12,15,17H,3,8H2,1-2H3. The van der Waals surface area contributed by atoms with Gasteiger partial charge >= 0.3 is 0 Å². The van der Waals surface area contributed by atoms with Crippen molar-refractivity contribution >= 4 is 11.3 Å². The summed E-state index contributed by atoms with van der Waals surface area (Å²) in [6, 6.07) is 8.69. The minimum Gasteiger partial charge on any atom is -0.309 e. The molecule has 0 aliphatic carbocycles. The fourth-order valence-corrected chi connectivity index (χ4v) is 2.85. The quantitative estimate of drug-likeness (QED) is 0.849. The molecule has 2 aromatic rings. The smallest absolute Gasteiger partial charge is 0.0450 e. The Morgan fingerprint density at radius 1 is 1.33 bits per heavy atom. The van der Waals surface area contributed by atoms with Crippen molar-refractivity contribution in [2.75, 3.05) is 6.54 Å². The van der Waals surface area contributed by atoms with Gasteiger partial charge in [-0.25, -0.2) is 0 Å². The highest BCUT2D eigenvalue weighted by molar-refractivity contribution is 7.07. The molecule has 0 radical (unpaired) electrons. The van der Waals surface area contributed by atoms with E-state index in [2.05, 4.69) is 53.1 Å². The molecule has 0 fully saturated rings. The van der Waals surface area contributed by atoms with Crippen LogP contribution >= 0.6 is 11.3 Å². The van der Waals surface area contributed by atoms with Gasteiger partial charge < -0.3 is 5.32 Å². The summed E-state index contributed by atoms with van der Waals surface area (Å²) in [5.41, 5.74) is 2.52. The molecule has 0 bridgehead atoms. The summed E-state index contributed by atoms with van der Waals surface area (Å²) >= 11 is 1.75. The first-order valence-corrected chi connectivity index (χ1v) is 7.43. The highest BCUT2D eigenvalue weighted by Crippen LogP contribution is 2.30. The Bertz CT molecular complexity index is 439. The molecule has 2 heterocycles. The highest BCUT2D eigenvalue weighted by atomic mass is 32.1. The molecule has 96 valence electrons. The predicted octanol–water partition coefficient (Wildman–Crippen LogP) is 3.99. The Morgan fingerprint density at radius 2 is 2.22 bits per heavy atom. The molecule has 18 heavy (non-hydrogen) atoms. The van der Waals surface area contributed by atoms with Crippen LogP contribution in [0.1, 0.15) is 43.5 Å². The van der Waals surface area contributed by atoms with Crippen molar-refractivity contribution in [3.63, 3.8) is 0 Å². The van der Waals surface area contributed by atoms with Crippen molar-refractivity contribution in [3.8, 4) is 0 Å². The Balaban J connectivity index is 2.18. The number of aromatic nitrogens is 1. The lowest BCUT2D eigenvalue weighted by Gasteiger charge is -2.24. The summed E-state index contributed by atoms with van der Waals surface area (Å²) in [6.07, 6.45) is 3.02. The van der Waals surface area contributed by atoms with Crippen LogP contribution in [-0.2, 0) is 0 Å². The van der Waals surface area contributed by atoms with Crippen LogP contribution in [-0.4, -0.2) is 11.5 Å². The van der Waals surface area contributed by atoms with Crippen LogP contribution in [0.3, 0.4) is 0 Å².